The standard InChI is InChI=1S/C22H28ClFN2O4S/c1-5-20(26(31(4,28)29)16-10-11-19(24)18(23)14-16)22(27)25-12-13-30-21-9-7-6-8-17(21)15(2)3/h6-11,14-15,20H,5,12-13H2,1-4H3,(H,25,27)/t20-/m0/s1. The number of amides is 1. The Kier molecular flexibility index (Phi) is 8.70. The largest absolute Gasteiger partial charge is 0.491 e. The van der Waals surface area contributed by atoms with Crippen LogP contribution in [0.15, 0.2) is 42.5 Å². The van der Waals surface area contributed by atoms with Crippen molar-refractivity contribution in [1.82, 2.24) is 5.32 Å². The zero-order chi connectivity index (χ0) is 23.2. The lowest BCUT2D eigenvalue weighted by molar-refractivity contribution is -0.122. The molecule has 0 aliphatic carbocycles. The number of ether oxygens (including phenoxy) is 1. The number of halogens is 2. The number of benzene rings is 2. The number of anilines is 1. The summed E-state index contributed by atoms with van der Waals surface area (Å²) >= 11 is 5.82. The van der Waals surface area contributed by atoms with E-state index in [0.717, 1.165) is 27.9 Å². The van der Waals surface area contributed by atoms with Crippen molar-refractivity contribution >= 4 is 33.2 Å². The Bertz CT molecular complexity index is 1010. The molecular formula is C22H28ClFN2O4S. The summed E-state index contributed by atoms with van der Waals surface area (Å²) in [5.74, 6) is -0.108. The van der Waals surface area contributed by atoms with E-state index >= 15 is 0 Å². The molecule has 2 rings (SSSR count). The number of nitrogens with one attached hydrogen (secondary N) is 1. The third-order valence-electron chi connectivity index (χ3n) is 4.69. The lowest BCUT2D eigenvalue weighted by Gasteiger charge is -2.30. The minimum absolute atomic E-state index is 0.123. The van der Waals surface area contributed by atoms with Crippen LogP contribution < -0.4 is 14.4 Å². The SMILES string of the molecule is CC[C@@H](C(=O)NCCOc1ccccc1C(C)C)N(c1ccc(F)c(Cl)c1)S(C)(=O)=O. The quantitative estimate of drug-likeness (QED) is 0.524. The van der Waals surface area contributed by atoms with Gasteiger partial charge in [0.25, 0.3) is 0 Å². The van der Waals surface area contributed by atoms with Gasteiger partial charge in [0.1, 0.15) is 24.2 Å². The Labute approximate surface area is 188 Å². The van der Waals surface area contributed by atoms with Crippen LogP contribution in [0.25, 0.3) is 0 Å². The molecule has 0 heterocycles. The van der Waals surface area contributed by atoms with Crippen LogP contribution in [0.3, 0.4) is 0 Å². The average Bonchev–Trinajstić information content (AvgIpc) is 2.70. The molecule has 0 radical (unpaired) electrons. The third-order valence-corrected chi connectivity index (χ3v) is 6.16. The molecule has 0 aliphatic rings. The monoisotopic (exact) mass is 470 g/mol. The predicted molar refractivity (Wildman–Crippen MR) is 122 cm³/mol. The van der Waals surface area contributed by atoms with Crippen LogP contribution in [-0.4, -0.2) is 39.8 Å². The number of hydrogen-bond donors (Lipinski definition) is 1. The lowest BCUT2D eigenvalue weighted by Crippen LogP contribution is -2.50. The van der Waals surface area contributed by atoms with Gasteiger partial charge in [0, 0.05) is 0 Å². The fraction of sp³-hybridized carbons (Fsp3) is 0.409. The summed E-state index contributed by atoms with van der Waals surface area (Å²) in [6.45, 7) is 6.26. The fourth-order valence-electron chi connectivity index (χ4n) is 3.22. The van der Waals surface area contributed by atoms with Gasteiger partial charge in [-0.2, -0.15) is 0 Å². The van der Waals surface area contributed by atoms with E-state index in [1.54, 1.807) is 6.92 Å². The zero-order valence-corrected chi connectivity index (χ0v) is 19.6. The van der Waals surface area contributed by atoms with Gasteiger partial charge in [-0.1, -0.05) is 50.6 Å². The van der Waals surface area contributed by atoms with E-state index in [-0.39, 0.29) is 30.3 Å². The zero-order valence-electron chi connectivity index (χ0n) is 18.1. The van der Waals surface area contributed by atoms with Crippen molar-refractivity contribution in [1.29, 1.82) is 0 Å². The summed E-state index contributed by atoms with van der Waals surface area (Å²) in [7, 11) is -3.83. The van der Waals surface area contributed by atoms with Gasteiger partial charge in [0.05, 0.1) is 23.5 Å². The van der Waals surface area contributed by atoms with Gasteiger partial charge >= 0.3 is 0 Å². The molecule has 0 saturated heterocycles. The summed E-state index contributed by atoms with van der Waals surface area (Å²) in [6, 6.07) is 10.2. The molecule has 0 saturated carbocycles. The first-order valence-electron chi connectivity index (χ1n) is 10.00. The first kappa shape index (κ1) is 24.9. The molecule has 0 aliphatic heterocycles. The van der Waals surface area contributed by atoms with Gasteiger partial charge in [-0.25, -0.2) is 12.8 Å². The highest BCUT2D eigenvalue weighted by molar-refractivity contribution is 7.92. The predicted octanol–water partition coefficient (Wildman–Crippen LogP) is 4.34. The maximum Gasteiger partial charge on any atom is 0.244 e. The molecule has 0 bridgehead atoms. The molecule has 170 valence electrons. The normalized spacial score (nSPS) is 12.5. The Morgan fingerprint density at radius 2 is 1.90 bits per heavy atom. The second kappa shape index (κ2) is 10.8. The van der Waals surface area contributed by atoms with Crippen molar-refractivity contribution in [3.63, 3.8) is 0 Å². The van der Waals surface area contributed by atoms with Crippen LogP contribution in [0.4, 0.5) is 10.1 Å². The van der Waals surface area contributed by atoms with Gasteiger partial charge < -0.3 is 10.1 Å². The average molecular weight is 471 g/mol. The summed E-state index contributed by atoms with van der Waals surface area (Å²) in [5.41, 5.74) is 1.19. The molecule has 31 heavy (non-hydrogen) atoms. The Morgan fingerprint density at radius 1 is 1.23 bits per heavy atom. The summed E-state index contributed by atoms with van der Waals surface area (Å²) < 4.78 is 45.2. The molecule has 1 N–H and O–H groups in total. The van der Waals surface area contributed by atoms with Gasteiger partial charge in [-0.3, -0.25) is 9.10 Å². The minimum Gasteiger partial charge on any atom is -0.491 e. The molecule has 0 fully saturated rings. The van der Waals surface area contributed by atoms with Crippen molar-refractivity contribution in [3.05, 3.63) is 58.9 Å². The fourth-order valence-corrected chi connectivity index (χ4v) is 4.60. The maximum absolute atomic E-state index is 13.5. The topological polar surface area (TPSA) is 75.7 Å². The first-order chi connectivity index (χ1) is 14.6. The van der Waals surface area contributed by atoms with Gasteiger partial charge in [0.15, 0.2) is 0 Å². The number of rotatable bonds is 10. The first-order valence-corrected chi connectivity index (χ1v) is 12.2. The molecule has 1 atom stereocenters. The molecule has 1 amide bonds. The third kappa shape index (κ3) is 6.58. The van der Waals surface area contributed by atoms with Crippen LogP contribution in [0.1, 0.15) is 38.7 Å². The minimum atomic E-state index is -3.83. The van der Waals surface area contributed by atoms with Gasteiger partial charge in [-0.05, 0) is 42.2 Å². The van der Waals surface area contributed by atoms with Gasteiger partial charge in [-0.15, -0.1) is 0 Å². The van der Waals surface area contributed by atoms with E-state index in [1.807, 2.05) is 24.3 Å². The van der Waals surface area contributed by atoms with E-state index in [1.165, 1.54) is 12.1 Å². The van der Waals surface area contributed by atoms with Gasteiger partial charge in [0.2, 0.25) is 15.9 Å². The maximum atomic E-state index is 13.5. The molecule has 0 unspecified atom stereocenters. The molecule has 0 aromatic heterocycles. The number of para-hydroxylation sites is 1. The highest BCUT2D eigenvalue weighted by atomic mass is 35.5. The number of carbonyl (C=O) groups is 1. The van der Waals surface area contributed by atoms with E-state index < -0.39 is 27.8 Å². The second-order valence-corrected chi connectivity index (χ2v) is 9.68. The van der Waals surface area contributed by atoms with E-state index in [2.05, 4.69) is 19.2 Å². The second-order valence-electron chi connectivity index (χ2n) is 7.41. The van der Waals surface area contributed by atoms with Crippen molar-refractivity contribution in [2.75, 3.05) is 23.7 Å². The van der Waals surface area contributed by atoms with Crippen LogP contribution in [0, 0.1) is 5.82 Å². The molecule has 0 spiro atoms. The van der Waals surface area contributed by atoms with Crippen molar-refractivity contribution in [2.45, 2.75) is 39.2 Å². The molecular weight excluding hydrogens is 443 g/mol. The van der Waals surface area contributed by atoms with Crippen molar-refractivity contribution in [2.24, 2.45) is 0 Å². The number of hydrogen-bond acceptors (Lipinski definition) is 4. The molecule has 2 aromatic rings. The summed E-state index contributed by atoms with van der Waals surface area (Å²) in [6.07, 6.45) is 1.21. The lowest BCUT2D eigenvalue weighted by atomic mass is 10.0. The van der Waals surface area contributed by atoms with Crippen LogP contribution in [0.2, 0.25) is 5.02 Å². The number of carbonyl (C=O) groups excluding carboxylic acids is 1. The van der Waals surface area contributed by atoms with Crippen LogP contribution in [0.5, 0.6) is 5.75 Å². The molecule has 6 nitrogen and oxygen atoms in total. The number of sulfonamides is 1. The van der Waals surface area contributed by atoms with E-state index in [9.17, 15) is 17.6 Å². The smallest absolute Gasteiger partial charge is 0.244 e. The summed E-state index contributed by atoms with van der Waals surface area (Å²) in [4.78, 5) is 12.8. The number of nitrogens with zero attached hydrogens (tertiary/aromatic N) is 1. The molecule has 2 aromatic carbocycles. The summed E-state index contributed by atoms with van der Waals surface area (Å²) in [5, 5.41) is 2.50. The van der Waals surface area contributed by atoms with Crippen molar-refractivity contribution < 1.29 is 22.3 Å². The Hall–Kier alpha value is -2.32. The van der Waals surface area contributed by atoms with Crippen molar-refractivity contribution in [3.8, 4) is 5.75 Å². The molecule has 9 heteroatoms. The highest BCUT2D eigenvalue weighted by Gasteiger charge is 2.31. The van der Waals surface area contributed by atoms with Crippen LogP contribution >= 0.6 is 11.6 Å². The Balaban J connectivity index is 2.09. The highest BCUT2D eigenvalue weighted by Crippen LogP contribution is 2.28. The van der Waals surface area contributed by atoms with E-state index in [0.29, 0.717) is 5.92 Å². The van der Waals surface area contributed by atoms with Crippen LogP contribution in [-0.2, 0) is 14.8 Å². The Morgan fingerprint density at radius 3 is 2.48 bits per heavy atom. The van der Waals surface area contributed by atoms with E-state index in [4.69, 9.17) is 16.3 Å².